The van der Waals surface area contributed by atoms with Gasteiger partial charge in [-0.15, -0.1) is 11.7 Å². The van der Waals surface area contributed by atoms with Crippen LogP contribution in [0.25, 0.3) is 0 Å². The van der Waals surface area contributed by atoms with Gasteiger partial charge in [0.05, 0.1) is 0 Å². The Morgan fingerprint density at radius 1 is 1.69 bits per heavy atom. The van der Waals surface area contributed by atoms with Crippen molar-refractivity contribution in [3.05, 3.63) is 0 Å². The molecule has 1 aliphatic heterocycles. The van der Waals surface area contributed by atoms with Gasteiger partial charge in [-0.05, 0) is 12.8 Å². The third kappa shape index (κ3) is 2.81. The normalized spacial score (nSPS) is 22.8. The zero-order valence-corrected chi connectivity index (χ0v) is 9.90. The molecule has 0 saturated carbocycles. The van der Waals surface area contributed by atoms with Gasteiger partial charge < -0.3 is 4.90 Å². The Morgan fingerprint density at radius 3 is 2.92 bits per heavy atom. The Labute approximate surface area is 89.3 Å². The first-order valence-electron chi connectivity index (χ1n) is 4.73. The van der Waals surface area contributed by atoms with Crippen LogP contribution in [0.3, 0.4) is 0 Å². The summed E-state index contributed by atoms with van der Waals surface area (Å²) in [5.74, 6) is 1.39. The summed E-state index contributed by atoms with van der Waals surface area (Å²) in [7, 11) is 1.53. The largest absolute Gasteiger partial charge is 0.339 e. The summed E-state index contributed by atoms with van der Waals surface area (Å²) < 4.78 is 0. The van der Waals surface area contributed by atoms with Crippen LogP contribution in [0, 0.1) is 5.92 Å². The molecule has 1 atom stereocenters. The maximum Gasteiger partial charge on any atom is 0.225 e. The molecule has 1 saturated heterocycles. The van der Waals surface area contributed by atoms with Crippen LogP contribution >= 0.6 is 22.5 Å². The SMILES string of the molecule is CC(C)C(=O)N1CCCC1CSS. The van der Waals surface area contributed by atoms with Crippen molar-refractivity contribution < 1.29 is 4.79 Å². The van der Waals surface area contributed by atoms with Crippen LogP contribution in [0.15, 0.2) is 0 Å². The van der Waals surface area contributed by atoms with Crippen molar-refractivity contribution in [1.82, 2.24) is 4.90 Å². The number of rotatable bonds is 3. The average Bonchev–Trinajstić information content (AvgIpc) is 2.52. The lowest BCUT2D eigenvalue weighted by molar-refractivity contribution is -0.134. The van der Waals surface area contributed by atoms with Crippen molar-refractivity contribution in [2.45, 2.75) is 32.7 Å². The van der Waals surface area contributed by atoms with E-state index in [9.17, 15) is 4.79 Å². The van der Waals surface area contributed by atoms with Crippen molar-refractivity contribution >= 4 is 28.4 Å². The second-order valence-electron chi connectivity index (χ2n) is 3.78. The predicted octanol–water partition coefficient (Wildman–Crippen LogP) is 2.21. The Hall–Kier alpha value is 0.170. The van der Waals surface area contributed by atoms with Crippen LogP contribution in [0.1, 0.15) is 26.7 Å². The Kier molecular flexibility index (Phi) is 4.46. The van der Waals surface area contributed by atoms with Crippen LogP contribution in [0.4, 0.5) is 0 Å². The minimum Gasteiger partial charge on any atom is -0.339 e. The summed E-state index contributed by atoms with van der Waals surface area (Å²) in [4.78, 5) is 13.7. The maximum atomic E-state index is 11.7. The minimum absolute atomic E-state index is 0.130. The van der Waals surface area contributed by atoms with Crippen LogP contribution in [-0.2, 0) is 4.79 Å². The molecule has 1 amide bonds. The number of hydrogen-bond donors (Lipinski definition) is 1. The van der Waals surface area contributed by atoms with Crippen molar-refractivity contribution in [2.24, 2.45) is 5.92 Å². The second kappa shape index (κ2) is 5.15. The van der Waals surface area contributed by atoms with E-state index in [1.54, 1.807) is 0 Å². The number of carbonyl (C=O) groups is 1. The van der Waals surface area contributed by atoms with Crippen molar-refractivity contribution in [3.8, 4) is 0 Å². The van der Waals surface area contributed by atoms with Gasteiger partial charge in [0.2, 0.25) is 5.91 Å². The van der Waals surface area contributed by atoms with E-state index in [1.165, 1.54) is 10.8 Å². The maximum absolute atomic E-state index is 11.7. The van der Waals surface area contributed by atoms with Gasteiger partial charge in [0.1, 0.15) is 0 Å². The fourth-order valence-corrected chi connectivity index (χ4v) is 2.75. The zero-order valence-electron chi connectivity index (χ0n) is 8.19. The monoisotopic (exact) mass is 219 g/mol. The van der Waals surface area contributed by atoms with Crippen LogP contribution < -0.4 is 0 Å². The van der Waals surface area contributed by atoms with E-state index in [0.29, 0.717) is 11.9 Å². The fourth-order valence-electron chi connectivity index (χ4n) is 1.72. The van der Waals surface area contributed by atoms with Gasteiger partial charge in [-0.3, -0.25) is 4.79 Å². The molecule has 0 N–H and O–H groups in total. The smallest absolute Gasteiger partial charge is 0.225 e. The molecule has 4 heteroatoms. The molecule has 1 heterocycles. The molecule has 2 nitrogen and oxygen atoms in total. The van der Waals surface area contributed by atoms with E-state index in [-0.39, 0.29) is 5.92 Å². The molecule has 1 aliphatic rings. The number of carbonyl (C=O) groups excluding carboxylic acids is 1. The van der Waals surface area contributed by atoms with Crippen LogP contribution in [-0.4, -0.2) is 29.1 Å². The molecule has 0 bridgehead atoms. The summed E-state index contributed by atoms with van der Waals surface area (Å²) in [6.45, 7) is 4.87. The molecular weight excluding hydrogens is 202 g/mol. The molecule has 0 aromatic rings. The topological polar surface area (TPSA) is 20.3 Å². The van der Waals surface area contributed by atoms with E-state index in [1.807, 2.05) is 18.7 Å². The zero-order chi connectivity index (χ0) is 9.84. The Morgan fingerprint density at radius 2 is 2.38 bits per heavy atom. The second-order valence-corrected chi connectivity index (χ2v) is 5.14. The van der Waals surface area contributed by atoms with Gasteiger partial charge in [-0.25, -0.2) is 0 Å². The lowest BCUT2D eigenvalue weighted by Gasteiger charge is -2.25. The van der Waals surface area contributed by atoms with Gasteiger partial charge in [-0.1, -0.05) is 24.6 Å². The summed E-state index contributed by atoms with van der Waals surface area (Å²) in [6, 6.07) is 0.428. The first-order valence-corrected chi connectivity index (χ1v) is 6.77. The Balaban J connectivity index is 2.52. The lowest BCUT2D eigenvalue weighted by atomic mass is 10.2. The van der Waals surface area contributed by atoms with Crippen LogP contribution in [0.2, 0.25) is 0 Å². The summed E-state index contributed by atoms with van der Waals surface area (Å²) in [5.41, 5.74) is 0. The summed E-state index contributed by atoms with van der Waals surface area (Å²) in [6.07, 6.45) is 2.30. The molecule has 0 aromatic heterocycles. The highest BCUT2D eigenvalue weighted by Gasteiger charge is 2.29. The standard InChI is InChI=1S/C9H17NOS2/c1-7(2)9(11)10-5-3-4-8(10)6-13-12/h7-8,12H,3-6H2,1-2H3. The molecular formula is C9H17NOS2. The highest BCUT2D eigenvalue weighted by Crippen LogP contribution is 2.23. The number of nitrogens with zero attached hydrogens (tertiary/aromatic N) is 1. The van der Waals surface area contributed by atoms with Gasteiger partial charge >= 0.3 is 0 Å². The first-order chi connectivity index (χ1) is 6.16. The highest BCUT2D eigenvalue weighted by molar-refractivity contribution is 8.68. The van der Waals surface area contributed by atoms with E-state index in [2.05, 4.69) is 11.7 Å². The van der Waals surface area contributed by atoms with Gasteiger partial charge in [0, 0.05) is 24.3 Å². The van der Waals surface area contributed by atoms with Crippen molar-refractivity contribution in [2.75, 3.05) is 12.3 Å². The van der Waals surface area contributed by atoms with Crippen molar-refractivity contribution in [3.63, 3.8) is 0 Å². The minimum atomic E-state index is 0.130. The Bertz CT molecular complexity index is 184. The number of amides is 1. The predicted molar refractivity (Wildman–Crippen MR) is 61.0 cm³/mol. The van der Waals surface area contributed by atoms with Gasteiger partial charge in [-0.2, -0.15) is 0 Å². The quantitative estimate of drug-likeness (QED) is 0.580. The number of hydrogen-bond acceptors (Lipinski definition) is 3. The molecule has 0 radical (unpaired) electrons. The fraction of sp³-hybridized carbons (Fsp3) is 0.889. The molecule has 1 fully saturated rings. The summed E-state index contributed by atoms with van der Waals surface area (Å²) >= 11 is 4.14. The molecule has 76 valence electrons. The van der Waals surface area contributed by atoms with Crippen LogP contribution in [0.5, 0.6) is 0 Å². The van der Waals surface area contributed by atoms with Gasteiger partial charge in [0.15, 0.2) is 0 Å². The highest BCUT2D eigenvalue weighted by atomic mass is 33.1. The first kappa shape index (κ1) is 11.2. The number of likely N-dealkylation sites (tertiary alicyclic amines) is 1. The molecule has 1 unspecified atom stereocenters. The number of thiol groups is 1. The molecule has 13 heavy (non-hydrogen) atoms. The van der Waals surface area contributed by atoms with E-state index in [0.717, 1.165) is 25.1 Å². The third-order valence-electron chi connectivity index (χ3n) is 2.42. The lowest BCUT2D eigenvalue weighted by Crippen LogP contribution is -2.39. The van der Waals surface area contributed by atoms with Gasteiger partial charge in [0.25, 0.3) is 0 Å². The molecule has 0 aromatic carbocycles. The molecule has 0 aliphatic carbocycles. The molecule has 1 rings (SSSR count). The van der Waals surface area contributed by atoms with E-state index >= 15 is 0 Å². The average molecular weight is 219 g/mol. The van der Waals surface area contributed by atoms with E-state index < -0.39 is 0 Å². The van der Waals surface area contributed by atoms with E-state index in [4.69, 9.17) is 0 Å². The summed E-state index contributed by atoms with van der Waals surface area (Å²) in [5, 5.41) is 0. The molecule has 0 spiro atoms. The third-order valence-corrected chi connectivity index (χ3v) is 3.40. The van der Waals surface area contributed by atoms with Crippen molar-refractivity contribution in [1.29, 1.82) is 0 Å².